The molecule has 1 atom stereocenters. The van der Waals surface area contributed by atoms with E-state index in [1.54, 1.807) is 0 Å². The molecule has 5 heteroatoms. The molecule has 0 radical (unpaired) electrons. The third kappa shape index (κ3) is 2.41. The van der Waals surface area contributed by atoms with Gasteiger partial charge in [-0.2, -0.15) is 0 Å². The smallest absolute Gasteiger partial charge is 0.306 e. The van der Waals surface area contributed by atoms with Crippen LogP contribution in [-0.4, -0.2) is 17.9 Å². The predicted molar refractivity (Wildman–Crippen MR) is 125 cm³/mol. The molecule has 0 fully saturated rings. The molecule has 0 bridgehead atoms. The highest BCUT2D eigenvalue weighted by Crippen LogP contribution is 2.44. The highest BCUT2D eigenvalue weighted by Gasteiger charge is 2.38. The molecule has 6 rings (SSSR count). The second-order valence-electron chi connectivity index (χ2n) is 7.96. The molecule has 1 aromatic heterocycles. The first-order chi connectivity index (χ1) is 14.7. The normalized spacial score (nSPS) is 17.6. The fourth-order valence-electron chi connectivity index (χ4n) is 4.78. The van der Waals surface area contributed by atoms with Crippen LogP contribution in [-0.2, 0) is 0 Å². The standard InChI is InChI=1S/C25H22BN3O/c1-18-28(19-10-4-3-5-11-19)22-13-7-8-14-23(22)29(18)27-17-21-20-12-6-9-15-24(20)30-25(21)16-26(27)2/h3-18H,1-2H3/t18-/m0/s1. The minimum atomic E-state index is 0.136. The van der Waals surface area contributed by atoms with Crippen molar-refractivity contribution >= 4 is 47.1 Å². The van der Waals surface area contributed by atoms with E-state index in [1.807, 2.05) is 12.1 Å². The lowest BCUT2D eigenvalue weighted by Crippen LogP contribution is -2.55. The summed E-state index contributed by atoms with van der Waals surface area (Å²) in [5, 5.41) is 4.70. The van der Waals surface area contributed by atoms with Crippen molar-refractivity contribution < 1.29 is 4.42 Å². The maximum absolute atomic E-state index is 6.12. The molecule has 3 aromatic carbocycles. The molecule has 2 aliphatic heterocycles. The van der Waals surface area contributed by atoms with Gasteiger partial charge in [0.25, 0.3) is 0 Å². The number of hydrogen-bond donors (Lipinski definition) is 0. The van der Waals surface area contributed by atoms with Gasteiger partial charge in [-0.3, -0.25) is 5.01 Å². The quantitative estimate of drug-likeness (QED) is 0.474. The maximum Gasteiger partial charge on any atom is 0.306 e. The summed E-state index contributed by atoms with van der Waals surface area (Å²) in [6.07, 6.45) is 2.38. The van der Waals surface area contributed by atoms with Crippen LogP contribution in [0.3, 0.4) is 0 Å². The number of benzene rings is 3. The molecule has 0 amide bonds. The summed E-state index contributed by atoms with van der Waals surface area (Å²) < 4.78 is 6.12. The Bertz CT molecular complexity index is 1360. The molecule has 146 valence electrons. The molecule has 3 heterocycles. The minimum absolute atomic E-state index is 0.136. The first kappa shape index (κ1) is 17.3. The molecule has 4 aromatic rings. The average Bonchev–Trinajstić information content (AvgIpc) is 3.27. The second kappa shape index (κ2) is 6.46. The van der Waals surface area contributed by atoms with Gasteiger partial charge in [-0.25, -0.2) is 0 Å². The van der Waals surface area contributed by atoms with E-state index in [0.717, 1.165) is 21.6 Å². The van der Waals surface area contributed by atoms with Crippen molar-refractivity contribution in [2.75, 3.05) is 9.91 Å². The van der Waals surface area contributed by atoms with Crippen molar-refractivity contribution in [2.24, 2.45) is 0 Å². The number of furan rings is 1. The van der Waals surface area contributed by atoms with Crippen LogP contribution >= 0.6 is 0 Å². The van der Waals surface area contributed by atoms with Crippen molar-refractivity contribution in [1.29, 1.82) is 0 Å². The highest BCUT2D eigenvalue weighted by atomic mass is 16.3. The zero-order valence-corrected chi connectivity index (χ0v) is 17.1. The molecular weight excluding hydrogens is 369 g/mol. The van der Waals surface area contributed by atoms with Crippen molar-refractivity contribution in [2.45, 2.75) is 19.9 Å². The lowest BCUT2D eigenvalue weighted by Gasteiger charge is -2.40. The Kier molecular flexibility index (Phi) is 3.72. The van der Waals surface area contributed by atoms with Gasteiger partial charge in [-0.1, -0.05) is 55.4 Å². The Labute approximate surface area is 176 Å². The van der Waals surface area contributed by atoms with E-state index in [9.17, 15) is 0 Å². The van der Waals surface area contributed by atoms with Crippen LogP contribution in [0.2, 0.25) is 6.82 Å². The summed E-state index contributed by atoms with van der Waals surface area (Å²) in [6, 6.07) is 27.5. The molecule has 0 saturated carbocycles. The van der Waals surface area contributed by atoms with Crippen molar-refractivity contribution in [3.8, 4) is 0 Å². The van der Waals surface area contributed by atoms with Crippen LogP contribution in [0.15, 0.2) is 83.3 Å². The van der Waals surface area contributed by atoms with E-state index in [0.29, 0.717) is 0 Å². The minimum Gasteiger partial charge on any atom is -0.457 e. The third-order valence-electron chi connectivity index (χ3n) is 6.13. The van der Waals surface area contributed by atoms with Crippen molar-refractivity contribution in [1.82, 2.24) is 4.92 Å². The number of rotatable bonds is 2. The van der Waals surface area contributed by atoms with E-state index >= 15 is 0 Å². The summed E-state index contributed by atoms with van der Waals surface area (Å²) in [4.78, 5) is 4.75. The van der Waals surface area contributed by atoms with Gasteiger partial charge in [0.05, 0.1) is 11.4 Å². The summed E-state index contributed by atoms with van der Waals surface area (Å²) in [7, 11) is 0. The maximum atomic E-state index is 6.12. The first-order valence-corrected chi connectivity index (χ1v) is 10.4. The van der Waals surface area contributed by atoms with Gasteiger partial charge in [-0.15, -0.1) is 0 Å². The van der Waals surface area contributed by atoms with Crippen LogP contribution in [0.5, 0.6) is 0 Å². The number of fused-ring (bicyclic) bond motifs is 4. The SMILES string of the molecule is CB1C=c2oc3ccccc3c2=CN1N1c2ccccc2N(c2ccccc2)[C@@H]1C. The summed E-state index contributed by atoms with van der Waals surface area (Å²) in [5.41, 5.74) is 5.52. The number of nitrogens with zero attached hydrogens (tertiary/aromatic N) is 3. The molecule has 2 aliphatic rings. The molecule has 0 unspecified atom stereocenters. The van der Waals surface area contributed by atoms with Crippen LogP contribution in [0.25, 0.3) is 23.1 Å². The number of hydrazine groups is 1. The van der Waals surface area contributed by atoms with E-state index in [2.05, 4.69) is 107 Å². The lowest BCUT2D eigenvalue weighted by atomic mass is 9.63. The Morgan fingerprint density at radius 3 is 2.37 bits per heavy atom. The molecule has 0 aliphatic carbocycles. The molecule has 0 spiro atoms. The Balaban J connectivity index is 1.52. The first-order valence-electron chi connectivity index (χ1n) is 10.4. The Hall–Kier alpha value is -3.60. The van der Waals surface area contributed by atoms with E-state index < -0.39 is 0 Å². The number of anilines is 3. The fourth-order valence-corrected chi connectivity index (χ4v) is 4.78. The zero-order valence-electron chi connectivity index (χ0n) is 17.1. The van der Waals surface area contributed by atoms with E-state index in [4.69, 9.17) is 4.42 Å². The molecular formula is C25H22BN3O. The lowest BCUT2D eigenvalue weighted by molar-refractivity contribution is 0.496. The van der Waals surface area contributed by atoms with E-state index in [1.165, 1.54) is 17.1 Å². The average molecular weight is 391 g/mol. The predicted octanol–water partition coefficient (Wildman–Crippen LogP) is 4.35. The number of hydrogen-bond acceptors (Lipinski definition) is 4. The topological polar surface area (TPSA) is 22.9 Å². The summed E-state index contributed by atoms with van der Waals surface area (Å²) >= 11 is 0. The van der Waals surface area contributed by atoms with Gasteiger partial charge in [0.15, 0.2) is 0 Å². The highest BCUT2D eigenvalue weighted by molar-refractivity contribution is 6.70. The largest absolute Gasteiger partial charge is 0.457 e. The summed E-state index contributed by atoms with van der Waals surface area (Å²) in [5.74, 6) is 2.22. The van der Waals surface area contributed by atoms with Gasteiger partial charge in [-0.05, 0) is 43.2 Å². The summed E-state index contributed by atoms with van der Waals surface area (Å²) in [6.45, 7) is 4.65. The zero-order chi connectivity index (χ0) is 20.2. The van der Waals surface area contributed by atoms with Crippen molar-refractivity contribution in [3.05, 3.63) is 89.5 Å². The van der Waals surface area contributed by atoms with Crippen LogP contribution in [0.1, 0.15) is 6.92 Å². The number of para-hydroxylation sites is 4. The third-order valence-corrected chi connectivity index (χ3v) is 6.13. The van der Waals surface area contributed by atoms with Gasteiger partial charge < -0.3 is 14.2 Å². The molecule has 30 heavy (non-hydrogen) atoms. The van der Waals surface area contributed by atoms with Crippen LogP contribution in [0, 0.1) is 0 Å². The van der Waals surface area contributed by atoms with Gasteiger partial charge in [0, 0.05) is 22.5 Å². The molecule has 4 nitrogen and oxygen atoms in total. The van der Waals surface area contributed by atoms with Gasteiger partial charge >= 0.3 is 6.85 Å². The Morgan fingerprint density at radius 2 is 1.53 bits per heavy atom. The van der Waals surface area contributed by atoms with Crippen LogP contribution < -0.4 is 20.5 Å². The second-order valence-corrected chi connectivity index (χ2v) is 7.96. The van der Waals surface area contributed by atoms with Crippen molar-refractivity contribution in [3.63, 3.8) is 0 Å². The fraction of sp³-hybridized carbons (Fsp3) is 0.120. The van der Waals surface area contributed by atoms with Gasteiger partial charge in [0.2, 0.25) is 0 Å². The molecule has 0 N–H and O–H groups in total. The van der Waals surface area contributed by atoms with Gasteiger partial charge in [0.1, 0.15) is 17.2 Å². The monoisotopic (exact) mass is 391 g/mol. The molecule has 0 saturated heterocycles. The van der Waals surface area contributed by atoms with Crippen LogP contribution in [0.4, 0.5) is 17.1 Å². The van der Waals surface area contributed by atoms with E-state index in [-0.39, 0.29) is 13.0 Å². The Morgan fingerprint density at radius 1 is 0.833 bits per heavy atom.